The minimum absolute atomic E-state index is 0.0950. The molecule has 0 saturated carbocycles. The first-order valence-corrected chi connectivity index (χ1v) is 11.9. The van der Waals surface area contributed by atoms with E-state index in [9.17, 15) is 9.59 Å². The molecular weight excluding hydrogens is 452 g/mol. The average molecular weight is 475 g/mol. The Morgan fingerprint density at radius 1 is 0.541 bits per heavy atom. The minimum atomic E-state index is -0.0950. The molecule has 0 fully saturated rings. The molecule has 1 aliphatic carbocycles. The Balaban J connectivity index is 1.32. The summed E-state index contributed by atoms with van der Waals surface area (Å²) in [4.78, 5) is 23.4. The molecular formula is C35H22O2. The van der Waals surface area contributed by atoms with Gasteiger partial charge in [-0.2, -0.15) is 0 Å². The van der Waals surface area contributed by atoms with Gasteiger partial charge in [-0.3, -0.25) is 9.59 Å². The number of benzene rings is 4. The molecule has 4 aromatic carbocycles. The van der Waals surface area contributed by atoms with Gasteiger partial charge in [0.1, 0.15) is 0 Å². The minimum Gasteiger partial charge on any atom is -0.289 e. The maximum Gasteiger partial charge on any atom is 0.185 e. The van der Waals surface area contributed by atoms with Crippen LogP contribution in [-0.2, 0) is 6.42 Å². The van der Waals surface area contributed by atoms with E-state index in [1.165, 1.54) is 34.4 Å². The van der Waals surface area contributed by atoms with Crippen LogP contribution in [0, 0.1) is 23.7 Å². The summed E-state index contributed by atoms with van der Waals surface area (Å²) in [6, 6.07) is 27.1. The molecule has 0 heterocycles. The van der Waals surface area contributed by atoms with Crippen molar-refractivity contribution < 1.29 is 9.59 Å². The summed E-state index contributed by atoms with van der Waals surface area (Å²) in [6.45, 7) is 7.04. The van der Waals surface area contributed by atoms with Gasteiger partial charge >= 0.3 is 0 Å². The highest BCUT2D eigenvalue weighted by molar-refractivity contribution is 6.04. The van der Waals surface area contributed by atoms with Gasteiger partial charge in [-0.25, -0.2) is 0 Å². The van der Waals surface area contributed by atoms with Crippen LogP contribution in [-0.4, -0.2) is 11.6 Å². The number of ketones is 2. The van der Waals surface area contributed by atoms with Crippen LogP contribution >= 0.6 is 0 Å². The summed E-state index contributed by atoms with van der Waals surface area (Å²) >= 11 is 0. The first-order valence-electron chi connectivity index (χ1n) is 11.9. The van der Waals surface area contributed by atoms with E-state index in [2.05, 4.69) is 61.1 Å². The van der Waals surface area contributed by atoms with Gasteiger partial charge in [0.05, 0.1) is 0 Å². The molecule has 5 rings (SSSR count). The maximum absolute atomic E-state index is 11.7. The summed E-state index contributed by atoms with van der Waals surface area (Å²) in [7, 11) is 0. The van der Waals surface area contributed by atoms with E-state index in [-0.39, 0.29) is 11.6 Å². The fourth-order valence-electron chi connectivity index (χ4n) is 4.33. The van der Waals surface area contributed by atoms with Gasteiger partial charge in [-0.15, -0.1) is 0 Å². The molecule has 0 N–H and O–H groups in total. The first kappa shape index (κ1) is 23.6. The van der Waals surface area contributed by atoms with Gasteiger partial charge in [-0.05, 0) is 114 Å². The van der Waals surface area contributed by atoms with Gasteiger partial charge in [-0.1, -0.05) is 49.0 Å². The molecule has 0 radical (unpaired) electrons. The predicted octanol–water partition coefficient (Wildman–Crippen LogP) is 6.79. The normalized spacial score (nSPS) is 10.6. The van der Waals surface area contributed by atoms with Crippen LogP contribution < -0.4 is 0 Å². The lowest BCUT2D eigenvalue weighted by Gasteiger charge is -2.02. The van der Waals surface area contributed by atoms with Gasteiger partial charge in [0, 0.05) is 33.4 Å². The maximum atomic E-state index is 11.7. The molecule has 0 amide bonds. The lowest BCUT2D eigenvalue weighted by Crippen LogP contribution is -1.92. The van der Waals surface area contributed by atoms with E-state index in [0.717, 1.165) is 28.7 Å². The number of fused-ring (bicyclic) bond motifs is 3. The van der Waals surface area contributed by atoms with Crippen molar-refractivity contribution in [2.24, 2.45) is 0 Å². The zero-order valence-corrected chi connectivity index (χ0v) is 20.2. The summed E-state index contributed by atoms with van der Waals surface area (Å²) in [5.41, 5.74) is 9.81. The second kappa shape index (κ2) is 10.2. The third kappa shape index (κ3) is 5.10. The molecule has 0 aliphatic heterocycles. The summed E-state index contributed by atoms with van der Waals surface area (Å²) in [5.74, 6) is 12.7. The van der Waals surface area contributed by atoms with E-state index in [1.807, 2.05) is 36.4 Å². The number of rotatable bonds is 4. The highest BCUT2D eigenvalue weighted by atomic mass is 16.1. The first-order chi connectivity index (χ1) is 18.0. The van der Waals surface area contributed by atoms with E-state index < -0.39 is 0 Å². The zero-order valence-electron chi connectivity index (χ0n) is 20.2. The van der Waals surface area contributed by atoms with Crippen molar-refractivity contribution in [2.75, 3.05) is 0 Å². The van der Waals surface area contributed by atoms with E-state index in [1.54, 1.807) is 24.3 Å². The zero-order chi connectivity index (χ0) is 25.8. The monoisotopic (exact) mass is 474 g/mol. The Kier molecular flexibility index (Phi) is 6.50. The van der Waals surface area contributed by atoms with Crippen LogP contribution in [0.5, 0.6) is 0 Å². The number of allylic oxidation sites excluding steroid dienone is 2. The second-order valence-corrected chi connectivity index (χ2v) is 8.71. The molecule has 37 heavy (non-hydrogen) atoms. The van der Waals surface area contributed by atoms with Gasteiger partial charge in [0.2, 0.25) is 0 Å². The fraction of sp³-hybridized carbons (Fsp3) is 0.0286. The molecule has 174 valence electrons. The second-order valence-electron chi connectivity index (χ2n) is 8.71. The smallest absolute Gasteiger partial charge is 0.185 e. The van der Waals surface area contributed by atoms with Crippen molar-refractivity contribution >= 4 is 11.6 Å². The van der Waals surface area contributed by atoms with Crippen LogP contribution in [0.1, 0.15) is 54.1 Å². The third-order valence-electron chi connectivity index (χ3n) is 6.29. The van der Waals surface area contributed by atoms with Crippen molar-refractivity contribution in [1.29, 1.82) is 0 Å². The Morgan fingerprint density at radius 3 is 1.27 bits per heavy atom. The molecule has 1 aliphatic rings. The van der Waals surface area contributed by atoms with Gasteiger partial charge < -0.3 is 0 Å². The van der Waals surface area contributed by atoms with E-state index >= 15 is 0 Å². The van der Waals surface area contributed by atoms with Crippen LogP contribution in [0.4, 0.5) is 0 Å². The molecule has 0 unspecified atom stereocenters. The van der Waals surface area contributed by atoms with Crippen molar-refractivity contribution in [3.8, 4) is 34.8 Å². The fourth-order valence-corrected chi connectivity index (χ4v) is 4.33. The third-order valence-corrected chi connectivity index (χ3v) is 6.29. The number of hydrogen-bond acceptors (Lipinski definition) is 2. The van der Waals surface area contributed by atoms with Crippen LogP contribution in [0.15, 0.2) is 110 Å². The lowest BCUT2D eigenvalue weighted by molar-refractivity contribution is 0.103. The highest BCUT2D eigenvalue weighted by Gasteiger charge is 2.18. The Hall–Kier alpha value is -5.18. The number of hydrogen-bond donors (Lipinski definition) is 0. The molecule has 0 aromatic heterocycles. The summed E-state index contributed by atoms with van der Waals surface area (Å²) < 4.78 is 0. The van der Waals surface area contributed by atoms with E-state index in [4.69, 9.17) is 0 Å². The molecule has 0 saturated heterocycles. The predicted molar refractivity (Wildman–Crippen MR) is 149 cm³/mol. The van der Waals surface area contributed by atoms with Crippen LogP contribution in [0.2, 0.25) is 0 Å². The number of carbonyl (C=O) groups excluding carboxylic acids is 2. The van der Waals surface area contributed by atoms with Crippen molar-refractivity contribution in [1.82, 2.24) is 0 Å². The topological polar surface area (TPSA) is 34.1 Å². The SMILES string of the molecule is C=CC(=O)c1ccc(C#Cc2ccc3c(c2)Cc2cc(C#Cc4ccc(C(=O)C=C)cc4)ccc2-3)cc1. The Bertz CT molecular complexity index is 1570. The number of carbonyl (C=O) groups is 2. The molecule has 2 nitrogen and oxygen atoms in total. The molecule has 0 spiro atoms. The quantitative estimate of drug-likeness (QED) is 0.163. The standard InChI is InChI=1S/C35H22O2/c1-3-34(36)28-15-9-24(10-16-28)5-7-26-13-19-32-30(21-26)23-31-22-27(14-20-33(31)32)8-6-25-11-17-29(18-12-25)35(37)4-2/h3-4,9-22H,1-2,23H2. The van der Waals surface area contributed by atoms with Crippen molar-refractivity contribution in [3.05, 3.63) is 155 Å². The average Bonchev–Trinajstić information content (AvgIpc) is 3.31. The van der Waals surface area contributed by atoms with E-state index in [0.29, 0.717) is 11.1 Å². The van der Waals surface area contributed by atoms with Gasteiger partial charge in [0.25, 0.3) is 0 Å². The van der Waals surface area contributed by atoms with Crippen molar-refractivity contribution in [2.45, 2.75) is 6.42 Å². The van der Waals surface area contributed by atoms with Crippen LogP contribution in [0.25, 0.3) is 11.1 Å². The van der Waals surface area contributed by atoms with Crippen molar-refractivity contribution in [3.63, 3.8) is 0 Å². The largest absolute Gasteiger partial charge is 0.289 e. The molecule has 4 aromatic rings. The van der Waals surface area contributed by atoms with Crippen LogP contribution in [0.3, 0.4) is 0 Å². The molecule has 0 atom stereocenters. The molecule has 0 bridgehead atoms. The summed E-state index contributed by atoms with van der Waals surface area (Å²) in [5, 5.41) is 0. The lowest BCUT2D eigenvalue weighted by atomic mass is 10.0. The Labute approximate surface area is 217 Å². The highest BCUT2D eigenvalue weighted by Crippen LogP contribution is 2.37. The Morgan fingerprint density at radius 2 is 0.892 bits per heavy atom. The van der Waals surface area contributed by atoms with Gasteiger partial charge in [0.15, 0.2) is 11.6 Å². The molecule has 2 heteroatoms. The summed E-state index contributed by atoms with van der Waals surface area (Å²) in [6.07, 6.45) is 3.46.